The molecule has 0 aliphatic carbocycles. The molecule has 1 fully saturated rings. The van der Waals surface area contributed by atoms with Gasteiger partial charge in [0.25, 0.3) is 11.8 Å². The summed E-state index contributed by atoms with van der Waals surface area (Å²) in [5.41, 5.74) is 0.888. The highest BCUT2D eigenvalue weighted by atomic mass is 16.5. The van der Waals surface area contributed by atoms with Crippen molar-refractivity contribution >= 4 is 11.8 Å². The van der Waals surface area contributed by atoms with Crippen LogP contribution in [0.2, 0.25) is 0 Å². The summed E-state index contributed by atoms with van der Waals surface area (Å²) in [5, 5.41) is 9.24. The molecule has 1 aliphatic heterocycles. The second-order valence-corrected chi connectivity index (χ2v) is 3.51. The first-order chi connectivity index (χ1) is 7.18. The number of nitrogens with zero attached hydrogens (tertiary/aromatic N) is 2. The molecule has 2 amide bonds. The van der Waals surface area contributed by atoms with E-state index in [2.05, 4.69) is 4.98 Å². The molecule has 0 bridgehead atoms. The number of hydrogen-bond donors (Lipinski definition) is 1. The Balaban J connectivity index is 2.09. The van der Waals surface area contributed by atoms with Crippen molar-refractivity contribution in [2.45, 2.75) is 12.8 Å². The van der Waals surface area contributed by atoms with E-state index in [4.69, 9.17) is 5.21 Å². The molecule has 2 heterocycles. The molecule has 0 saturated carbocycles. The predicted octanol–water partition coefficient (Wildman–Crippen LogP) is 0.388. The Kier molecular flexibility index (Phi) is 2.47. The molecule has 15 heavy (non-hydrogen) atoms. The van der Waals surface area contributed by atoms with Crippen LogP contribution < -0.4 is 0 Å². The van der Waals surface area contributed by atoms with Crippen LogP contribution in [0.25, 0.3) is 0 Å². The number of rotatable bonds is 2. The van der Waals surface area contributed by atoms with Gasteiger partial charge < -0.3 is 0 Å². The minimum Gasteiger partial charge on any atom is -0.279 e. The van der Waals surface area contributed by atoms with Crippen molar-refractivity contribution in [1.82, 2.24) is 10.0 Å². The van der Waals surface area contributed by atoms with Gasteiger partial charge in [0, 0.05) is 18.8 Å². The fourth-order valence-corrected chi connectivity index (χ4v) is 1.64. The zero-order chi connectivity index (χ0) is 10.8. The Labute approximate surface area is 86.3 Å². The molecule has 1 aromatic rings. The lowest BCUT2D eigenvalue weighted by atomic mass is 9.99. The number of carbonyl (C=O) groups is 2. The van der Waals surface area contributed by atoms with E-state index in [0.717, 1.165) is 5.56 Å². The quantitative estimate of drug-likeness (QED) is 0.561. The number of pyridine rings is 1. The Morgan fingerprint density at radius 2 is 2.33 bits per heavy atom. The molecular formula is C10H10N2O3. The summed E-state index contributed by atoms with van der Waals surface area (Å²) in [6.07, 6.45) is 3.81. The zero-order valence-corrected chi connectivity index (χ0v) is 7.96. The first kappa shape index (κ1) is 9.79. The maximum absolute atomic E-state index is 11.4. The Morgan fingerprint density at radius 1 is 1.53 bits per heavy atom. The Hall–Kier alpha value is -1.75. The molecule has 0 radical (unpaired) electrons. The van der Waals surface area contributed by atoms with E-state index in [1.165, 1.54) is 0 Å². The largest absolute Gasteiger partial charge is 0.279 e. The molecule has 78 valence electrons. The molecule has 1 N–H and O–H groups in total. The summed E-state index contributed by atoms with van der Waals surface area (Å²) in [6, 6.07) is 3.61. The first-order valence-corrected chi connectivity index (χ1v) is 4.63. The fraction of sp³-hybridized carbons (Fsp3) is 0.300. The molecule has 1 saturated heterocycles. The average Bonchev–Trinajstić information content (AvgIpc) is 2.48. The van der Waals surface area contributed by atoms with Crippen molar-refractivity contribution in [3.63, 3.8) is 0 Å². The average molecular weight is 206 g/mol. The zero-order valence-electron chi connectivity index (χ0n) is 7.96. The predicted molar refractivity (Wildman–Crippen MR) is 49.7 cm³/mol. The van der Waals surface area contributed by atoms with E-state index in [-0.39, 0.29) is 11.5 Å². The summed E-state index contributed by atoms with van der Waals surface area (Å²) in [7, 11) is 0. The molecule has 5 nitrogen and oxygen atoms in total. The van der Waals surface area contributed by atoms with Crippen LogP contribution in [0.3, 0.4) is 0 Å². The van der Waals surface area contributed by atoms with Gasteiger partial charge in [-0.1, -0.05) is 6.07 Å². The third-order valence-electron chi connectivity index (χ3n) is 2.42. The SMILES string of the molecule is O=C1CC(Cc2cccnc2)C(=O)N1O. The van der Waals surface area contributed by atoms with Gasteiger partial charge in [-0.2, -0.15) is 5.06 Å². The third-order valence-corrected chi connectivity index (χ3v) is 2.42. The van der Waals surface area contributed by atoms with Crippen molar-refractivity contribution in [1.29, 1.82) is 0 Å². The standard InChI is InChI=1S/C10H10N2O3/c13-9-5-8(10(14)12(9)15)4-7-2-1-3-11-6-7/h1-3,6,8,15H,4-5H2. The van der Waals surface area contributed by atoms with E-state index < -0.39 is 17.7 Å². The second-order valence-electron chi connectivity index (χ2n) is 3.51. The molecule has 0 aromatic carbocycles. The van der Waals surface area contributed by atoms with Crippen LogP contribution in [0.5, 0.6) is 0 Å². The van der Waals surface area contributed by atoms with Crippen molar-refractivity contribution in [3.05, 3.63) is 30.1 Å². The van der Waals surface area contributed by atoms with Gasteiger partial charge in [0.1, 0.15) is 0 Å². The van der Waals surface area contributed by atoms with Crippen LogP contribution in [-0.4, -0.2) is 27.1 Å². The van der Waals surface area contributed by atoms with Crippen LogP contribution in [-0.2, 0) is 16.0 Å². The Morgan fingerprint density at radius 3 is 2.87 bits per heavy atom. The summed E-state index contributed by atoms with van der Waals surface area (Å²) in [5.74, 6) is -1.51. The maximum Gasteiger partial charge on any atom is 0.257 e. The molecular weight excluding hydrogens is 196 g/mol. The highest BCUT2D eigenvalue weighted by Crippen LogP contribution is 2.21. The van der Waals surface area contributed by atoms with Crippen molar-refractivity contribution in [3.8, 4) is 0 Å². The van der Waals surface area contributed by atoms with Crippen molar-refractivity contribution in [2.75, 3.05) is 0 Å². The summed E-state index contributed by atoms with van der Waals surface area (Å²) in [6.45, 7) is 0. The number of hydrogen-bond acceptors (Lipinski definition) is 4. The molecule has 0 spiro atoms. The normalized spacial score (nSPS) is 21.1. The van der Waals surface area contributed by atoms with Gasteiger partial charge in [-0.15, -0.1) is 0 Å². The number of carbonyl (C=O) groups excluding carboxylic acids is 2. The van der Waals surface area contributed by atoms with E-state index in [9.17, 15) is 9.59 Å². The molecule has 1 aromatic heterocycles. The monoisotopic (exact) mass is 206 g/mol. The van der Waals surface area contributed by atoms with Crippen LogP contribution in [0, 0.1) is 5.92 Å². The Bertz CT molecular complexity index is 391. The van der Waals surface area contributed by atoms with Crippen LogP contribution in [0.15, 0.2) is 24.5 Å². The molecule has 1 aliphatic rings. The minimum absolute atomic E-state index is 0.0736. The van der Waals surface area contributed by atoms with Crippen molar-refractivity contribution in [2.24, 2.45) is 5.92 Å². The van der Waals surface area contributed by atoms with Gasteiger partial charge in [0.05, 0.1) is 5.92 Å². The van der Waals surface area contributed by atoms with Gasteiger partial charge in [-0.25, -0.2) is 0 Å². The number of amides is 2. The smallest absolute Gasteiger partial charge is 0.257 e. The van der Waals surface area contributed by atoms with Gasteiger partial charge in [-0.05, 0) is 18.1 Å². The second kappa shape index (κ2) is 3.78. The summed E-state index contributed by atoms with van der Waals surface area (Å²) < 4.78 is 0. The van der Waals surface area contributed by atoms with E-state index in [0.29, 0.717) is 6.42 Å². The van der Waals surface area contributed by atoms with Gasteiger partial charge in [0.15, 0.2) is 0 Å². The molecule has 1 atom stereocenters. The van der Waals surface area contributed by atoms with Crippen LogP contribution in [0.1, 0.15) is 12.0 Å². The van der Waals surface area contributed by atoms with Crippen molar-refractivity contribution < 1.29 is 14.8 Å². The maximum atomic E-state index is 11.4. The molecule has 1 unspecified atom stereocenters. The minimum atomic E-state index is -0.533. The van der Waals surface area contributed by atoms with Gasteiger partial charge in [-0.3, -0.25) is 19.8 Å². The molecule has 2 rings (SSSR count). The first-order valence-electron chi connectivity index (χ1n) is 4.63. The molecule has 5 heteroatoms. The lowest BCUT2D eigenvalue weighted by Crippen LogP contribution is -2.27. The topological polar surface area (TPSA) is 70.5 Å². The third kappa shape index (κ3) is 1.87. The highest BCUT2D eigenvalue weighted by Gasteiger charge is 2.37. The fourth-order valence-electron chi connectivity index (χ4n) is 1.64. The van der Waals surface area contributed by atoms with Gasteiger partial charge >= 0.3 is 0 Å². The van der Waals surface area contributed by atoms with Crippen LogP contribution >= 0.6 is 0 Å². The highest BCUT2D eigenvalue weighted by molar-refractivity contribution is 6.02. The lowest BCUT2D eigenvalue weighted by Gasteiger charge is -2.06. The van der Waals surface area contributed by atoms with E-state index in [1.807, 2.05) is 6.07 Å². The van der Waals surface area contributed by atoms with E-state index >= 15 is 0 Å². The number of imide groups is 1. The summed E-state index contributed by atoms with van der Waals surface area (Å²) >= 11 is 0. The number of aromatic nitrogens is 1. The van der Waals surface area contributed by atoms with E-state index in [1.54, 1.807) is 18.5 Å². The lowest BCUT2D eigenvalue weighted by molar-refractivity contribution is -0.172. The number of hydroxylamine groups is 2. The van der Waals surface area contributed by atoms with Crippen LogP contribution in [0.4, 0.5) is 0 Å². The summed E-state index contributed by atoms with van der Waals surface area (Å²) in [4.78, 5) is 26.3. The van der Waals surface area contributed by atoms with Gasteiger partial charge in [0.2, 0.25) is 0 Å².